The van der Waals surface area contributed by atoms with Crippen LogP contribution in [0.5, 0.6) is 0 Å². The third kappa shape index (κ3) is 3.29. The van der Waals surface area contributed by atoms with Crippen LogP contribution < -0.4 is 4.72 Å². The molecule has 1 heterocycles. The van der Waals surface area contributed by atoms with Crippen LogP contribution in [0.3, 0.4) is 0 Å². The van der Waals surface area contributed by atoms with Crippen molar-refractivity contribution < 1.29 is 18.4 Å². The van der Waals surface area contributed by atoms with Crippen molar-refractivity contribution in [3.8, 4) is 0 Å². The maximum atomic E-state index is 12.1. The van der Waals surface area contributed by atoms with E-state index in [9.17, 15) is 23.6 Å². The quantitative estimate of drug-likeness (QED) is 0.642. The van der Waals surface area contributed by atoms with E-state index in [1.54, 1.807) is 0 Å². The first-order valence-corrected chi connectivity index (χ1v) is 8.63. The number of nitrogens with zero attached hydrogens (tertiary/aromatic N) is 1. The molecule has 2 unspecified atom stereocenters. The van der Waals surface area contributed by atoms with Crippen molar-refractivity contribution in [2.24, 2.45) is 0 Å². The van der Waals surface area contributed by atoms with Crippen molar-refractivity contribution >= 4 is 38.6 Å². The molecule has 112 valence electrons. The third-order valence-electron chi connectivity index (χ3n) is 3.14. The first kappa shape index (κ1) is 15.6. The largest absolute Gasteiger partial charge is 0.391 e. The summed E-state index contributed by atoms with van der Waals surface area (Å²) >= 11 is 6.28. The zero-order chi connectivity index (χ0) is 14.9. The molecule has 0 saturated heterocycles. The van der Waals surface area contributed by atoms with Crippen LogP contribution >= 0.6 is 22.9 Å². The van der Waals surface area contributed by atoms with E-state index in [4.69, 9.17) is 11.6 Å². The van der Waals surface area contributed by atoms with Crippen LogP contribution in [0.4, 0.5) is 5.69 Å². The van der Waals surface area contributed by atoms with Crippen LogP contribution in [0.2, 0.25) is 4.34 Å². The van der Waals surface area contributed by atoms with Gasteiger partial charge >= 0.3 is 0 Å². The third-order valence-corrected chi connectivity index (χ3v) is 6.45. The lowest BCUT2D eigenvalue weighted by molar-refractivity contribution is -0.384. The van der Waals surface area contributed by atoms with Gasteiger partial charge in [-0.25, -0.2) is 13.1 Å². The standard InChI is InChI=1S/C10H13ClN2O5S2/c11-10-7(13(15)16)5-9(19-10)20(17,18)12-6-3-1-2-4-8(6)14/h5-6,8,12,14H,1-4H2. The minimum absolute atomic E-state index is 0.181. The number of hydrogen-bond donors (Lipinski definition) is 2. The molecule has 1 aromatic heterocycles. The smallest absolute Gasteiger partial charge is 0.300 e. The molecule has 1 aliphatic carbocycles. The van der Waals surface area contributed by atoms with Gasteiger partial charge in [-0.05, 0) is 12.8 Å². The molecule has 10 heteroatoms. The number of thiophene rings is 1. The maximum Gasteiger partial charge on any atom is 0.300 e. The lowest BCUT2D eigenvalue weighted by atomic mass is 9.93. The molecule has 2 atom stereocenters. The summed E-state index contributed by atoms with van der Waals surface area (Å²) in [6, 6.07) is 0.374. The molecule has 20 heavy (non-hydrogen) atoms. The van der Waals surface area contributed by atoms with Crippen LogP contribution in [-0.4, -0.2) is 30.6 Å². The SMILES string of the molecule is O=[N+]([O-])c1cc(S(=O)(=O)NC2CCCCC2O)sc1Cl. The lowest BCUT2D eigenvalue weighted by Crippen LogP contribution is -2.44. The molecule has 1 aromatic rings. The summed E-state index contributed by atoms with van der Waals surface area (Å²) in [6.45, 7) is 0. The van der Waals surface area contributed by atoms with Crippen molar-refractivity contribution in [3.05, 3.63) is 20.5 Å². The summed E-state index contributed by atoms with van der Waals surface area (Å²) in [5.74, 6) is 0. The van der Waals surface area contributed by atoms with Gasteiger partial charge in [-0.2, -0.15) is 0 Å². The average molecular weight is 341 g/mol. The van der Waals surface area contributed by atoms with Gasteiger partial charge < -0.3 is 5.11 Å². The Morgan fingerprint density at radius 1 is 1.45 bits per heavy atom. The van der Waals surface area contributed by atoms with Crippen LogP contribution in [0.1, 0.15) is 25.7 Å². The summed E-state index contributed by atoms with van der Waals surface area (Å²) in [5, 5.41) is 20.4. The van der Waals surface area contributed by atoms with E-state index >= 15 is 0 Å². The zero-order valence-corrected chi connectivity index (χ0v) is 12.7. The van der Waals surface area contributed by atoms with Crippen molar-refractivity contribution in [2.45, 2.75) is 42.0 Å². The summed E-state index contributed by atoms with van der Waals surface area (Å²) in [7, 11) is -3.91. The van der Waals surface area contributed by atoms with E-state index in [1.165, 1.54) is 0 Å². The molecule has 0 radical (unpaired) electrons. The summed E-state index contributed by atoms with van der Waals surface area (Å²) in [6.07, 6.45) is 2.04. The van der Waals surface area contributed by atoms with Crippen molar-refractivity contribution in [1.82, 2.24) is 4.72 Å². The van der Waals surface area contributed by atoms with Crippen molar-refractivity contribution in [1.29, 1.82) is 0 Å². The van der Waals surface area contributed by atoms with Gasteiger partial charge in [0.05, 0.1) is 11.0 Å². The molecule has 2 N–H and O–H groups in total. The van der Waals surface area contributed by atoms with E-state index < -0.39 is 32.8 Å². The van der Waals surface area contributed by atoms with E-state index in [0.717, 1.165) is 18.9 Å². The monoisotopic (exact) mass is 340 g/mol. The van der Waals surface area contributed by atoms with Gasteiger partial charge in [0.1, 0.15) is 4.21 Å². The molecular weight excluding hydrogens is 328 g/mol. The highest BCUT2D eigenvalue weighted by Crippen LogP contribution is 2.36. The number of nitrogens with one attached hydrogen (secondary N) is 1. The Morgan fingerprint density at radius 2 is 2.10 bits per heavy atom. The molecular formula is C10H13ClN2O5S2. The molecule has 0 bridgehead atoms. The summed E-state index contributed by atoms with van der Waals surface area (Å²) in [5.41, 5.74) is -0.429. The molecule has 0 spiro atoms. The van der Waals surface area contributed by atoms with Crippen LogP contribution in [0.15, 0.2) is 10.3 Å². The first-order chi connectivity index (χ1) is 9.31. The minimum Gasteiger partial charge on any atom is -0.391 e. The highest BCUT2D eigenvalue weighted by Gasteiger charge is 2.31. The normalized spacial score (nSPS) is 23.7. The van der Waals surface area contributed by atoms with Gasteiger partial charge in [-0.1, -0.05) is 24.4 Å². The number of nitro groups is 1. The number of sulfonamides is 1. The van der Waals surface area contributed by atoms with Crippen LogP contribution in [0.25, 0.3) is 0 Å². The van der Waals surface area contributed by atoms with Gasteiger partial charge in [0.25, 0.3) is 15.7 Å². The molecule has 1 aliphatic rings. The second-order valence-corrected chi connectivity index (χ2v) is 8.16. The Labute approximate surface area is 124 Å². The van der Waals surface area contributed by atoms with E-state index in [1.807, 2.05) is 0 Å². The van der Waals surface area contributed by atoms with Gasteiger partial charge in [0, 0.05) is 12.1 Å². The predicted octanol–water partition coefficient (Wildman–Crippen LogP) is 1.89. The highest BCUT2D eigenvalue weighted by molar-refractivity contribution is 7.91. The molecule has 2 rings (SSSR count). The van der Waals surface area contributed by atoms with Gasteiger partial charge in [-0.15, -0.1) is 11.3 Å². The predicted molar refractivity (Wildman–Crippen MR) is 74.6 cm³/mol. The molecule has 0 aliphatic heterocycles. The van der Waals surface area contributed by atoms with E-state index in [2.05, 4.69) is 4.72 Å². The molecule has 1 saturated carbocycles. The second kappa shape index (κ2) is 5.94. The molecule has 7 nitrogen and oxygen atoms in total. The minimum atomic E-state index is -3.91. The fourth-order valence-electron chi connectivity index (χ4n) is 2.10. The van der Waals surface area contributed by atoms with Gasteiger partial charge in [0.2, 0.25) is 0 Å². The Balaban J connectivity index is 2.22. The second-order valence-electron chi connectivity index (χ2n) is 4.56. The maximum absolute atomic E-state index is 12.1. The lowest BCUT2D eigenvalue weighted by Gasteiger charge is -2.27. The van der Waals surface area contributed by atoms with Crippen LogP contribution in [0, 0.1) is 10.1 Å². The summed E-state index contributed by atoms with van der Waals surface area (Å²) in [4.78, 5) is 9.95. The van der Waals surface area contributed by atoms with E-state index in [0.29, 0.717) is 24.2 Å². The average Bonchev–Trinajstić information content (AvgIpc) is 2.75. The van der Waals surface area contributed by atoms with Gasteiger partial charge in [0.15, 0.2) is 4.34 Å². The van der Waals surface area contributed by atoms with Gasteiger partial charge in [-0.3, -0.25) is 10.1 Å². The molecule has 0 aromatic carbocycles. The highest BCUT2D eigenvalue weighted by atomic mass is 35.5. The Kier molecular flexibility index (Phi) is 4.65. The first-order valence-electron chi connectivity index (χ1n) is 5.95. The number of hydrogen-bond acceptors (Lipinski definition) is 6. The molecule has 0 amide bonds. The fraction of sp³-hybridized carbons (Fsp3) is 0.600. The zero-order valence-electron chi connectivity index (χ0n) is 10.3. The van der Waals surface area contributed by atoms with Crippen LogP contribution in [-0.2, 0) is 10.0 Å². The summed E-state index contributed by atoms with van der Waals surface area (Å²) < 4.78 is 26.3. The Morgan fingerprint density at radius 3 is 2.65 bits per heavy atom. The fourth-order valence-corrected chi connectivity index (χ4v) is 5.09. The van der Waals surface area contributed by atoms with Crippen molar-refractivity contribution in [2.75, 3.05) is 0 Å². The number of halogens is 1. The topological polar surface area (TPSA) is 110 Å². The number of aliphatic hydroxyl groups is 1. The number of rotatable bonds is 4. The Bertz CT molecular complexity index is 615. The molecule has 1 fully saturated rings. The number of aliphatic hydroxyl groups excluding tert-OH is 1. The Hall–Kier alpha value is -0.740. The van der Waals surface area contributed by atoms with E-state index in [-0.39, 0.29) is 8.55 Å². The van der Waals surface area contributed by atoms with Crippen molar-refractivity contribution in [3.63, 3.8) is 0 Å².